The minimum atomic E-state index is 0.150. The van der Waals surface area contributed by atoms with Gasteiger partial charge in [0.15, 0.2) is 0 Å². The molecule has 0 bridgehead atoms. The van der Waals surface area contributed by atoms with Crippen molar-refractivity contribution < 1.29 is 4.79 Å². The first kappa shape index (κ1) is 14.6. The van der Waals surface area contributed by atoms with Gasteiger partial charge in [-0.1, -0.05) is 36.8 Å². The van der Waals surface area contributed by atoms with Crippen LogP contribution in [0.1, 0.15) is 43.4 Å². The number of hydrogen-bond acceptors (Lipinski definition) is 2. The van der Waals surface area contributed by atoms with Gasteiger partial charge in [-0.05, 0) is 50.8 Å². The average molecular weight is 286 g/mol. The summed E-state index contributed by atoms with van der Waals surface area (Å²) < 4.78 is 0. The van der Waals surface area contributed by atoms with Crippen LogP contribution in [-0.2, 0) is 4.79 Å². The van der Waals surface area contributed by atoms with Crippen molar-refractivity contribution in [3.63, 3.8) is 0 Å². The fourth-order valence-electron chi connectivity index (χ4n) is 3.46. The zero-order chi connectivity index (χ0) is 14.8. The molecule has 2 saturated heterocycles. The second-order valence-electron chi connectivity index (χ2n) is 6.66. The molecule has 0 spiro atoms. The summed E-state index contributed by atoms with van der Waals surface area (Å²) in [5.41, 5.74) is 2.58. The summed E-state index contributed by atoms with van der Waals surface area (Å²) in [4.78, 5) is 15.0. The Balaban J connectivity index is 1.77. The summed E-state index contributed by atoms with van der Waals surface area (Å²) in [7, 11) is 0. The Bertz CT molecular complexity index is 492. The Hall–Kier alpha value is -1.35. The molecule has 2 aliphatic rings. The van der Waals surface area contributed by atoms with E-state index in [-0.39, 0.29) is 12.0 Å². The third-order valence-electron chi connectivity index (χ3n) is 5.16. The number of aryl methyl sites for hydroxylation is 1. The molecule has 2 fully saturated rings. The van der Waals surface area contributed by atoms with Crippen LogP contribution in [0.15, 0.2) is 24.3 Å². The van der Waals surface area contributed by atoms with Crippen LogP contribution in [0.5, 0.6) is 0 Å². The van der Waals surface area contributed by atoms with Crippen molar-refractivity contribution in [1.82, 2.24) is 10.2 Å². The summed E-state index contributed by atoms with van der Waals surface area (Å²) in [6, 6.07) is 8.99. The van der Waals surface area contributed by atoms with Crippen molar-refractivity contribution in [2.75, 3.05) is 19.6 Å². The lowest BCUT2D eigenvalue weighted by molar-refractivity contribution is -0.141. The Morgan fingerprint density at radius 2 is 1.95 bits per heavy atom. The van der Waals surface area contributed by atoms with Gasteiger partial charge < -0.3 is 10.2 Å². The molecule has 1 N–H and O–H groups in total. The van der Waals surface area contributed by atoms with Gasteiger partial charge in [-0.2, -0.15) is 0 Å². The van der Waals surface area contributed by atoms with Crippen molar-refractivity contribution in [2.24, 2.45) is 11.8 Å². The van der Waals surface area contributed by atoms with Crippen molar-refractivity contribution in [3.8, 4) is 0 Å². The van der Waals surface area contributed by atoms with Crippen LogP contribution in [0, 0.1) is 18.8 Å². The van der Waals surface area contributed by atoms with E-state index in [4.69, 9.17) is 0 Å². The van der Waals surface area contributed by atoms with E-state index in [1.54, 1.807) is 0 Å². The van der Waals surface area contributed by atoms with Gasteiger partial charge in [0.1, 0.15) is 0 Å². The van der Waals surface area contributed by atoms with E-state index in [2.05, 4.69) is 48.3 Å². The number of piperidine rings is 1. The summed E-state index contributed by atoms with van der Waals surface area (Å²) in [5, 5.41) is 3.28. The highest BCUT2D eigenvalue weighted by molar-refractivity contribution is 5.79. The predicted octanol–water partition coefficient (Wildman–Crippen LogP) is 2.90. The van der Waals surface area contributed by atoms with Crippen LogP contribution < -0.4 is 5.32 Å². The number of nitrogens with one attached hydrogen (secondary N) is 1. The molecule has 0 aromatic heterocycles. The highest BCUT2D eigenvalue weighted by atomic mass is 16.2. The standard InChI is InChI=1S/C18H26N2O/c1-13-6-8-15(9-7-13)17-5-3-4-10-20(17)18(21)14(2)16-11-19-12-16/h6-9,14,16-17,19H,3-5,10-12H2,1-2H3. The van der Waals surface area contributed by atoms with Crippen LogP contribution in [0.3, 0.4) is 0 Å². The zero-order valence-corrected chi connectivity index (χ0v) is 13.1. The molecule has 0 saturated carbocycles. The third-order valence-corrected chi connectivity index (χ3v) is 5.16. The normalized spacial score (nSPS) is 24.5. The lowest BCUT2D eigenvalue weighted by Gasteiger charge is -2.41. The molecule has 2 heterocycles. The molecule has 2 unspecified atom stereocenters. The Morgan fingerprint density at radius 3 is 2.57 bits per heavy atom. The van der Waals surface area contributed by atoms with Crippen molar-refractivity contribution in [3.05, 3.63) is 35.4 Å². The molecule has 2 atom stereocenters. The molecule has 2 aliphatic heterocycles. The minimum absolute atomic E-state index is 0.150. The van der Waals surface area contributed by atoms with Gasteiger partial charge in [0.05, 0.1) is 6.04 Å². The Labute approximate surface area is 127 Å². The van der Waals surface area contributed by atoms with Gasteiger partial charge in [0.25, 0.3) is 0 Å². The number of amides is 1. The topological polar surface area (TPSA) is 32.3 Å². The first-order chi connectivity index (χ1) is 10.2. The van der Waals surface area contributed by atoms with Crippen molar-refractivity contribution in [2.45, 2.75) is 39.2 Å². The molecule has 3 nitrogen and oxygen atoms in total. The molecule has 1 amide bonds. The maximum atomic E-state index is 12.9. The zero-order valence-electron chi connectivity index (χ0n) is 13.1. The number of likely N-dealkylation sites (tertiary alicyclic amines) is 1. The quantitative estimate of drug-likeness (QED) is 0.926. The summed E-state index contributed by atoms with van der Waals surface area (Å²) in [6.45, 7) is 7.13. The fourth-order valence-corrected chi connectivity index (χ4v) is 3.46. The van der Waals surface area contributed by atoms with Crippen molar-refractivity contribution in [1.29, 1.82) is 0 Å². The number of rotatable bonds is 3. The molecule has 3 heteroatoms. The van der Waals surface area contributed by atoms with Gasteiger partial charge in [-0.25, -0.2) is 0 Å². The molecular formula is C18H26N2O. The van der Waals surface area contributed by atoms with E-state index in [0.717, 1.165) is 32.5 Å². The highest BCUT2D eigenvalue weighted by Crippen LogP contribution is 2.33. The van der Waals surface area contributed by atoms with E-state index in [0.29, 0.717) is 11.8 Å². The maximum absolute atomic E-state index is 12.9. The SMILES string of the molecule is Cc1ccc(C2CCCCN2C(=O)C(C)C2CNC2)cc1. The number of carbonyl (C=O) groups excluding carboxylic acids is 1. The Kier molecular flexibility index (Phi) is 4.29. The maximum Gasteiger partial charge on any atom is 0.226 e. The molecule has 3 rings (SSSR count). The van der Waals surface area contributed by atoms with Crippen molar-refractivity contribution >= 4 is 5.91 Å². The van der Waals surface area contributed by atoms with Gasteiger partial charge >= 0.3 is 0 Å². The first-order valence-electron chi connectivity index (χ1n) is 8.24. The number of hydrogen-bond donors (Lipinski definition) is 1. The van der Waals surface area contributed by atoms with E-state index in [1.165, 1.54) is 17.5 Å². The van der Waals surface area contributed by atoms with Gasteiger partial charge in [0, 0.05) is 12.5 Å². The second kappa shape index (κ2) is 6.18. The molecule has 114 valence electrons. The summed E-state index contributed by atoms with van der Waals surface area (Å²) >= 11 is 0. The summed E-state index contributed by atoms with van der Waals surface area (Å²) in [5.74, 6) is 1.03. The molecule has 0 aliphatic carbocycles. The van der Waals surface area contributed by atoms with E-state index in [9.17, 15) is 4.79 Å². The van der Waals surface area contributed by atoms with Crippen LogP contribution >= 0.6 is 0 Å². The van der Waals surface area contributed by atoms with Crippen LogP contribution in [-0.4, -0.2) is 30.4 Å². The van der Waals surface area contributed by atoms with Crippen LogP contribution in [0.4, 0.5) is 0 Å². The number of benzene rings is 1. The van der Waals surface area contributed by atoms with Gasteiger partial charge in [-0.3, -0.25) is 4.79 Å². The first-order valence-corrected chi connectivity index (χ1v) is 8.24. The molecule has 21 heavy (non-hydrogen) atoms. The van der Waals surface area contributed by atoms with E-state index >= 15 is 0 Å². The Morgan fingerprint density at radius 1 is 1.24 bits per heavy atom. The van der Waals surface area contributed by atoms with Crippen LogP contribution in [0.25, 0.3) is 0 Å². The molecule has 0 radical (unpaired) electrons. The van der Waals surface area contributed by atoms with E-state index in [1.807, 2.05) is 0 Å². The number of carbonyl (C=O) groups is 1. The summed E-state index contributed by atoms with van der Waals surface area (Å²) in [6.07, 6.45) is 3.47. The van der Waals surface area contributed by atoms with E-state index < -0.39 is 0 Å². The molecule has 1 aromatic carbocycles. The smallest absolute Gasteiger partial charge is 0.226 e. The molecular weight excluding hydrogens is 260 g/mol. The fraction of sp³-hybridized carbons (Fsp3) is 0.611. The molecule has 1 aromatic rings. The largest absolute Gasteiger partial charge is 0.335 e. The predicted molar refractivity (Wildman–Crippen MR) is 85.0 cm³/mol. The van der Waals surface area contributed by atoms with Crippen LogP contribution in [0.2, 0.25) is 0 Å². The monoisotopic (exact) mass is 286 g/mol. The highest BCUT2D eigenvalue weighted by Gasteiger charge is 2.35. The van der Waals surface area contributed by atoms with Gasteiger partial charge in [-0.15, -0.1) is 0 Å². The second-order valence-corrected chi connectivity index (χ2v) is 6.66. The minimum Gasteiger partial charge on any atom is -0.335 e. The lowest BCUT2D eigenvalue weighted by atomic mass is 9.86. The average Bonchev–Trinajstić information content (AvgIpc) is 2.45. The number of nitrogens with zero attached hydrogens (tertiary/aromatic N) is 1. The third kappa shape index (κ3) is 2.98. The lowest BCUT2D eigenvalue weighted by Crippen LogP contribution is -2.51. The van der Waals surface area contributed by atoms with Gasteiger partial charge in [0.2, 0.25) is 5.91 Å².